The van der Waals surface area contributed by atoms with Gasteiger partial charge in [0.2, 0.25) is 5.78 Å². The normalized spacial score (nSPS) is 14.9. The van der Waals surface area contributed by atoms with E-state index in [1.807, 2.05) is 4.40 Å². The molecule has 2 aromatic heterocycles. The first-order chi connectivity index (χ1) is 11.7. The molecule has 0 saturated carbocycles. The van der Waals surface area contributed by atoms with Gasteiger partial charge in [0.25, 0.3) is 0 Å². The van der Waals surface area contributed by atoms with Crippen LogP contribution in [0.5, 0.6) is 0 Å². The lowest BCUT2D eigenvalue weighted by Gasteiger charge is -2.02. The minimum Gasteiger partial charge on any atom is -0.288 e. The summed E-state index contributed by atoms with van der Waals surface area (Å²) in [5.41, 5.74) is 2.67. The smallest absolute Gasteiger partial charge is 0.204 e. The molecule has 0 fully saturated rings. The van der Waals surface area contributed by atoms with E-state index in [1.165, 1.54) is 41.6 Å². The van der Waals surface area contributed by atoms with E-state index in [4.69, 9.17) is 0 Å². The summed E-state index contributed by atoms with van der Waals surface area (Å²) in [6.07, 6.45) is 10.6. The number of carbonyl (C=O) groups excluding carboxylic acids is 1. The van der Waals surface area contributed by atoms with Gasteiger partial charge >= 0.3 is 0 Å². The van der Waals surface area contributed by atoms with Gasteiger partial charge in [-0.15, -0.1) is 11.3 Å². The predicted molar refractivity (Wildman–Crippen MR) is 94.1 cm³/mol. The summed E-state index contributed by atoms with van der Waals surface area (Å²) in [7, 11) is 0. The van der Waals surface area contributed by atoms with Crippen LogP contribution in [0, 0.1) is 5.82 Å². The quantitative estimate of drug-likeness (QED) is 0.393. The third kappa shape index (κ3) is 2.80. The fourth-order valence-corrected chi connectivity index (χ4v) is 4.35. The van der Waals surface area contributed by atoms with Gasteiger partial charge in [0.1, 0.15) is 11.5 Å². The average molecular weight is 340 g/mol. The van der Waals surface area contributed by atoms with Crippen molar-refractivity contribution < 1.29 is 9.18 Å². The maximum absolute atomic E-state index is 12.9. The van der Waals surface area contributed by atoms with Gasteiger partial charge in [-0.05, 0) is 49.5 Å². The van der Waals surface area contributed by atoms with Crippen LogP contribution < -0.4 is 0 Å². The standard InChI is InChI=1S/C19H17FN2OS/c20-14-9-6-13(7-10-14)8-11-17(23)16-12-21-19-22(16)15-4-2-1-3-5-18(15)24-19/h6-12H,1-5H2. The molecule has 1 aliphatic rings. The van der Waals surface area contributed by atoms with Gasteiger partial charge in [0.15, 0.2) is 4.96 Å². The van der Waals surface area contributed by atoms with Crippen LogP contribution in [-0.4, -0.2) is 15.2 Å². The lowest BCUT2D eigenvalue weighted by molar-refractivity contribution is 0.104. The van der Waals surface area contributed by atoms with Crippen molar-refractivity contribution in [3.63, 3.8) is 0 Å². The molecule has 1 aromatic carbocycles. The highest BCUT2D eigenvalue weighted by molar-refractivity contribution is 7.17. The molecule has 3 aromatic rings. The molecule has 122 valence electrons. The summed E-state index contributed by atoms with van der Waals surface area (Å²) in [5.74, 6) is -0.353. The van der Waals surface area contributed by atoms with E-state index in [1.54, 1.807) is 35.7 Å². The van der Waals surface area contributed by atoms with Crippen molar-refractivity contribution in [1.82, 2.24) is 9.38 Å². The minimum atomic E-state index is -0.281. The Bertz CT molecular complexity index is 921. The number of hydrogen-bond donors (Lipinski definition) is 0. The van der Waals surface area contributed by atoms with Gasteiger partial charge in [-0.3, -0.25) is 9.20 Å². The molecule has 24 heavy (non-hydrogen) atoms. The van der Waals surface area contributed by atoms with E-state index in [0.717, 1.165) is 29.8 Å². The average Bonchev–Trinajstić information content (AvgIpc) is 3.06. The maximum Gasteiger partial charge on any atom is 0.204 e. The molecule has 4 rings (SSSR count). The first-order valence-corrected chi connectivity index (χ1v) is 9.00. The van der Waals surface area contributed by atoms with Crippen molar-refractivity contribution in [2.24, 2.45) is 0 Å². The van der Waals surface area contributed by atoms with Crippen molar-refractivity contribution in [1.29, 1.82) is 0 Å². The molecule has 0 N–H and O–H groups in total. The van der Waals surface area contributed by atoms with E-state index >= 15 is 0 Å². The Hall–Kier alpha value is -2.27. The molecule has 0 unspecified atom stereocenters. The highest BCUT2D eigenvalue weighted by Crippen LogP contribution is 2.30. The number of hydrogen-bond acceptors (Lipinski definition) is 3. The zero-order chi connectivity index (χ0) is 16.5. The number of imidazole rings is 1. The van der Waals surface area contributed by atoms with Crippen LogP contribution >= 0.6 is 11.3 Å². The molecule has 3 nitrogen and oxygen atoms in total. The van der Waals surface area contributed by atoms with Crippen LogP contribution in [0.4, 0.5) is 4.39 Å². The van der Waals surface area contributed by atoms with Crippen LogP contribution in [0.15, 0.2) is 36.5 Å². The highest BCUT2D eigenvalue weighted by atomic mass is 32.1. The Morgan fingerprint density at radius 2 is 1.96 bits per heavy atom. The number of ketones is 1. The van der Waals surface area contributed by atoms with Crippen LogP contribution in [-0.2, 0) is 12.8 Å². The second-order valence-corrected chi connectivity index (χ2v) is 7.11. The largest absolute Gasteiger partial charge is 0.288 e. The lowest BCUT2D eigenvalue weighted by atomic mass is 10.1. The highest BCUT2D eigenvalue weighted by Gasteiger charge is 2.20. The summed E-state index contributed by atoms with van der Waals surface area (Å²) in [5, 5.41) is 0. The van der Waals surface area contributed by atoms with Gasteiger partial charge in [0.05, 0.1) is 6.20 Å². The second-order valence-electron chi connectivity index (χ2n) is 6.04. The molecule has 0 atom stereocenters. The van der Waals surface area contributed by atoms with Gasteiger partial charge in [-0.2, -0.15) is 0 Å². The van der Waals surface area contributed by atoms with Crippen LogP contribution in [0.3, 0.4) is 0 Å². The molecule has 1 aliphatic carbocycles. The maximum atomic E-state index is 12.9. The molecule has 2 heterocycles. The molecule has 0 bridgehead atoms. The third-order valence-electron chi connectivity index (χ3n) is 4.40. The lowest BCUT2D eigenvalue weighted by Crippen LogP contribution is -2.03. The number of aryl methyl sites for hydroxylation is 2. The zero-order valence-electron chi connectivity index (χ0n) is 13.2. The Morgan fingerprint density at radius 1 is 1.17 bits per heavy atom. The SMILES string of the molecule is O=C(C=Cc1ccc(F)cc1)c1cnc2sc3c(n12)CCCCC3. The van der Waals surface area contributed by atoms with Crippen LogP contribution in [0.1, 0.15) is 45.9 Å². The van der Waals surface area contributed by atoms with E-state index in [0.29, 0.717) is 5.69 Å². The first kappa shape index (κ1) is 15.3. The minimum absolute atomic E-state index is 0.0725. The summed E-state index contributed by atoms with van der Waals surface area (Å²) in [4.78, 5) is 19.3. The monoisotopic (exact) mass is 340 g/mol. The van der Waals surface area contributed by atoms with Crippen molar-refractivity contribution >= 4 is 28.2 Å². The molecule has 5 heteroatoms. The molecular formula is C19H17FN2OS. The molecule has 0 saturated heterocycles. The van der Waals surface area contributed by atoms with Crippen molar-refractivity contribution in [3.8, 4) is 0 Å². The fraction of sp³-hybridized carbons (Fsp3) is 0.263. The Kier molecular flexibility index (Phi) is 4.02. The number of halogens is 1. The molecule has 0 spiro atoms. The number of nitrogens with zero attached hydrogens (tertiary/aromatic N) is 2. The number of aromatic nitrogens is 2. The Labute approximate surface area is 143 Å². The van der Waals surface area contributed by atoms with Gasteiger partial charge in [-0.25, -0.2) is 9.37 Å². The Balaban J connectivity index is 1.67. The summed E-state index contributed by atoms with van der Waals surface area (Å²) in [6, 6.07) is 6.09. The first-order valence-electron chi connectivity index (χ1n) is 8.18. The van der Waals surface area contributed by atoms with Crippen molar-refractivity contribution in [3.05, 3.63) is 64.2 Å². The van der Waals surface area contributed by atoms with E-state index < -0.39 is 0 Å². The van der Waals surface area contributed by atoms with Crippen molar-refractivity contribution in [2.45, 2.75) is 32.1 Å². The number of benzene rings is 1. The molecule has 0 aliphatic heterocycles. The summed E-state index contributed by atoms with van der Waals surface area (Å²) in [6.45, 7) is 0. The predicted octanol–water partition coefficient (Wildman–Crippen LogP) is 4.70. The molecule has 0 radical (unpaired) electrons. The zero-order valence-corrected chi connectivity index (χ0v) is 14.0. The van der Waals surface area contributed by atoms with Crippen molar-refractivity contribution in [2.75, 3.05) is 0 Å². The van der Waals surface area contributed by atoms with Gasteiger partial charge < -0.3 is 0 Å². The second kappa shape index (κ2) is 6.32. The Morgan fingerprint density at radius 3 is 2.79 bits per heavy atom. The number of rotatable bonds is 3. The molecular weight excluding hydrogens is 323 g/mol. The van der Waals surface area contributed by atoms with Gasteiger partial charge in [0, 0.05) is 10.6 Å². The summed E-state index contributed by atoms with van der Waals surface area (Å²) < 4.78 is 15.0. The van der Waals surface area contributed by atoms with E-state index in [2.05, 4.69) is 4.98 Å². The number of thiazole rings is 1. The van der Waals surface area contributed by atoms with E-state index in [-0.39, 0.29) is 11.6 Å². The third-order valence-corrected chi connectivity index (χ3v) is 5.56. The number of fused-ring (bicyclic) bond motifs is 3. The van der Waals surface area contributed by atoms with Crippen LogP contribution in [0.2, 0.25) is 0 Å². The fourth-order valence-electron chi connectivity index (χ4n) is 3.17. The number of allylic oxidation sites excluding steroid dienone is 1. The summed E-state index contributed by atoms with van der Waals surface area (Å²) >= 11 is 1.70. The topological polar surface area (TPSA) is 34.4 Å². The van der Waals surface area contributed by atoms with Crippen LogP contribution in [0.25, 0.3) is 11.0 Å². The van der Waals surface area contributed by atoms with Gasteiger partial charge in [-0.1, -0.05) is 24.6 Å². The van der Waals surface area contributed by atoms with E-state index in [9.17, 15) is 9.18 Å². The number of carbonyl (C=O) groups is 1. The molecule has 0 amide bonds.